The Morgan fingerprint density at radius 2 is 1.77 bits per heavy atom. The maximum absolute atomic E-state index is 12.7. The van der Waals surface area contributed by atoms with Crippen LogP contribution in [0.2, 0.25) is 5.02 Å². The van der Waals surface area contributed by atoms with E-state index in [1.165, 1.54) is 29.6 Å². The van der Waals surface area contributed by atoms with Crippen LogP contribution in [0.5, 0.6) is 5.75 Å². The van der Waals surface area contributed by atoms with Gasteiger partial charge in [-0.05, 0) is 42.8 Å². The molecular formula is C21H26ClN3O5S. The number of carbonyl (C=O) groups excluding carboxylic acids is 2. The van der Waals surface area contributed by atoms with Gasteiger partial charge in [0.2, 0.25) is 15.9 Å². The monoisotopic (exact) mass is 467 g/mol. The van der Waals surface area contributed by atoms with Crippen molar-refractivity contribution in [2.45, 2.75) is 25.7 Å². The third kappa shape index (κ3) is 5.96. The molecule has 2 aromatic carbocycles. The Balaban J connectivity index is 2.14. The summed E-state index contributed by atoms with van der Waals surface area (Å²) in [5, 5.41) is 5.22. The number of sulfonamides is 1. The molecule has 0 aliphatic rings. The van der Waals surface area contributed by atoms with Crippen LogP contribution >= 0.6 is 11.6 Å². The molecule has 0 radical (unpaired) electrons. The summed E-state index contributed by atoms with van der Waals surface area (Å²) in [5.41, 5.74) is 1.38. The van der Waals surface area contributed by atoms with Crippen molar-refractivity contribution < 1.29 is 22.7 Å². The highest BCUT2D eigenvalue weighted by atomic mass is 35.5. The van der Waals surface area contributed by atoms with E-state index in [9.17, 15) is 18.0 Å². The van der Waals surface area contributed by atoms with Gasteiger partial charge in [0.25, 0.3) is 5.91 Å². The van der Waals surface area contributed by atoms with E-state index < -0.39 is 21.8 Å². The quantitative estimate of drug-likeness (QED) is 0.589. The summed E-state index contributed by atoms with van der Waals surface area (Å²) in [5.74, 6) is -0.643. The zero-order valence-electron chi connectivity index (χ0n) is 17.9. The molecule has 0 heterocycles. The van der Waals surface area contributed by atoms with Crippen molar-refractivity contribution in [1.29, 1.82) is 0 Å². The van der Waals surface area contributed by atoms with E-state index in [2.05, 4.69) is 10.6 Å². The van der Waals surface area contributed by atoms with Crippen molar-refractivity contribution in [3.05, 3.63) is 52.5 Å². The molecule has 0 fully saturated rings. The van der Waals surface area contributed by atoms with Gasteiger partial charge in [-0.15, -0.1) is 0 Å². The minimum absolute atomic E-state index is 0.0316. The Hall–Kier alpha value is -2.62. The second-order valence-corrected chi connectivity index (χ2v) is 9.01. The normalized spacial score (nSPS) is 11.3. The molecule has 0 aliphatic heterocycles. The molecule has 0 spiro atoms. The number of rotatable bonds is 9. The number of halogens is 1. The lowest BCUT2D eigenvalue weighted by atomic mass is 10.2. The van der Waals surface area contributed by atoms with Crippen molar-refractivity contribution in [3.8, 4) is 5.75 Å². The van der Waals surface area contributed by atoms with E-state index >= 15 is 0 Å². The molecule has 31 heavy (non-hydrogen) atoms. The van der Waals surface area contributed by atoms with Gasteiger partial charge in [0.05, 0.1) is 34.8 Å². The summed E-state index contributed by atoms with van der Waals surface area (Å²) in [6, 6.07) is 9.24. The molecule has 0 aromatic heterocycles. The lowest BCUT2D eigenvalue weighted by Gasteiger charge is -2.19. The van der Waals surface area contributed by atoms with Gasteiger partial charge < -0.3 is 15.4 Å². The molecule has 168 valence electrons. The number of anilines is 1. The smallest absolute Gasteiger partial charge is 0.253 e. The Kier molecular flexibility index (Phi) is 8.43. The molecule has 2 rings (SSSR count). The van der Waals surface area contributed by atoms with Gasteiger partial charge >= 0.3 is 0 Å². The molecule has 0 saturated carbocycles. The van der Waals surface area contributed by atoms with Crippen LogP contribution in [0.1, 0.15) is 29.8 Å². The zero-order chi connectivity index (χ0) is 23.2. The van der Waals surface area contributed by atoms with Gasteiger partial charge in [-0.3, -0.25) is 9.59 Å². The van der Waals surface area contributed by atoms with E-state index in [1.807, 2.05) is 13.0 Å². The molecule has 0 bridgehead atoms. The fraction of sp³-hybridized carbons (Fsp3) is 0.333. The van der Waals surface area contributed by atoms with E-state index in [1.54, 1.807) is 26.0 Å². The molecule has 2 amide bonds. The molecule has 2 N–H and O–H groups in total. The molecular weight excluding hydrogens is 442 g/mol. The number of amides is 2. The number of methoxy groups -OCH3 is 1. The standard InChI is InChI=1S/C21H26ClN3O5S/c1-5-25(6-2)31(28,29)15-8-9-17(22)16(12-15)21(27)23-13-20(26)24-18-11-14(3)7-10-19(18)30-4/h7-12H,5-6,13H2,1-4H3,(H,23,27)(H,24,26). The van der Waals surface area contributed by atoms with Crippen molar-refractivity contribution in [2.24, 2.45) is 0 Å². The lowest BCUT2D eigenvalue weighted by molar-refractivity contribution is -0.115. The number of nitrogens with one attached hydrogen (secondary N) is 2. The van der Waals surface area contributed by atoms with Gasteiger partial charge in [-0.25, -0.2) is 8.42 Å². The SMILES string of the molecule is CCN(CC)S(=O)(=O)c1ccc(Cl)c(C(=O)NCC(=O)Nc2cc(C)ccc2OC)c1. The first-order valence-electron chi connectivity index (χ1n) is 9.66. The molecule has 10 heteroatoms. The summed E-state index contributed by atoms with van der Waals surface area (Å²) in [6.45, 7) is 5.59. The number of ether oxygens (including phenoxy) is 1. The van der Waals surface area contributed by atoms with Gasteiger partial charge in [-0.1, -0.05) is 31.5 Å². The first-order chi connectivity index (χ1) is 14.6. The number of benzene rings is 2. The van der Waals surface area contributed by atoms with E-state index in [4.69, 9.17) is 16.3 Å². The Bertz CT molecular complexity index is 1070. The summed E-state index contributed by atoms with van der Waals surface area (Å²) in [4.78, 5) is 24.8. The average Bonchev–Trinajstić information content (AvgIpc) is 2.73. The highest BCUT2D eigenvalue weighted by Gasteiger charge is 2.24. The molecule has 0 saturated heterocycles. The van der Waals surface area contributed by atoms with Crippen LogP contribution in [0.4, 0.5) is 5.69 Å². The predicted octanol–water partition coefficient (Wildman–Crippen LogP) is 3.06. The zero-order valence-corrected chi connectivity index (χ0v) is 19.4. The average molecular weight is 468 g/mol. The number of hydrogen-bond donors (Lipinski definition) is 2. The second kappa shape index (κ2) is 10.6. The Labute approximate surface area is 187 Å². The first kappa shape index (κ1) is 24.6. The van der Waals surface area contributed by atoms with Gasteiger partial charge in [0, 0.05) is 13.1 Å². The fourth-order valence-electron chi connectivity index (χ4n) is 2.92. The lowest BCUT2D eigenvalue weighted by Crippen LogP contribution is -2.33. The van der Waals surface area contributed by atoms with Crippen LogP contribution in [0, 0.1) is 6.92 Å². The second-order valence-electron chi connectivity index (χ2n) is 6.67. The Morgan fingerprint density at radius 1 is 1.10 bits per heavy atom. The van der Waals surface area contributed by atoms with Gasteiger partial charge in [0.1, 0.15) is 5.75 Å². The highest BCUT2D eigenvalue weighted by molar-refractivity contribution is 7.89. The van der Waals surface area contributed by atoms with Gasteiger partial charge in [0.15, 0.2) is 0 Å². The highest BCUT2D eigenvalue weighted by Crippen LogP contribution is 2.25. The van der Waals surface area contributed by atoms with Crippen LogP contribution < -0.4 is 15.4 Å². The van der Waals surface area contributed by atoms with Crippen LogP contribution in [0.25, 0.3) is 0 Å². The molecule has 0 unspecified atom stereocenters. The van der Waals surface area contributed by atoms with Crippen molar-refractivity contribution in [1.82, 2.24) is 9.62 Å². The van der Waals surface area contributed by atoms with Crippen molar-refractivity contribution in [3.63, 3.8) is 0 Å². The largest absolute Gasteiger partial charge is 0.495 e. The van der Waals surface area contributed by atoms with Crippen molar-refractivity contribution in [2.75, 3.05) is 32.1 Å². The summed E-state index contributed by atoms with van der Waals surface area (Å²) in [7, 11) is -2.27. The van der Waals surface area contributed by atoms with Crippen molar-refractivity contribution >= 4 is 39.1 Å². The predicted molar refractivity (Wildman–Crippen MR) is 120 cm³/mol. The molecule has 8 nitrogen and oxygen atoms in total. The van der Waals surface area contributed by atoms with Crippen LogP contribution in [0.3, 0.4) is 0 Å². The van der Waals surface area contributed by atoms with Gasteiger partial charge in [-0.2, -0.15) is 4.31 Å². The Morgan fingerprint density at radius 3 is 2.39 bits per heavy atom. The van der Waals surface area contributed by atoms with E-state index in [0.717, 1.165) is 5.56 Å². The molecule has 0 aliphatic carbocycles. The third-order valence-electron chi connectivity index (χ3n) is 4.56. The third-order valence-corrected chi connectivity index (χ3v) is 6.94. The van der Waals surface area contributed by atoms with Crippen LogP contribution in [0.15, 0.2) is 41.3 Å². The van der Waals surface area contributed by atoms with E-state index in [-0.39, 0.29) is 22.0 Å². The summed E-state index contributed by atoms with van der Waals surface area (Å²) < 4.78 is 31.9. The summed E-state index contributed by atoms with van der Waals surface area (Å²) >= 11 is 6.10. The maximum atomic E-state index is 12.7. The van der Waals surface area contributed by atoms with Crippen LogP contribution in [-0.2, 0) is 14.8 Å². The fourth-order valence-corrected chi connectivity index (χ4v) is 4.61. The number of carbonyl (C=O) groups is 2. The minimum Gasteiger partial charge on any atom is -0.495 e. The van der Waals surface area contributed by atoms with E-state index in [0.29, 0.717) is 24.5 Å². The van der Waals surface area contributed by atoms with Crippen LogP contribution in [-0.4, -0.2) is 51.3 Å². The number of hydrogen-bond acceptors (Lipinski definition) is 5. The number of aryl methyl sites for hydroxylation is 1. The number of nitrogens with zero attached hydrogens (tertiary/aromatic N) is 1. The maximum Gasteiger partial charge on any atom is 0.253 e. The summed E-state index contributed by atoms with van der Waals surface area (Å²) in [6.07, 6.45) is 0. The molecule has 0 atom stereocenters. The minimum atomic E-state index is -3.76. The topological polar surface area (TPSA) is 105 Å². The molecule has 2 aromatic rings. The first-order valence-corrected chi connectivity index (χ1v) is 11.5.